The van der Waals surface area contributed by atoms with Gasteiger partial charge in [-0.1, -0.05) is 6.08 Å². The van der Waals surface area contributed by atoms with Gasteiger partial charge in [-0.2, -0.15) is 0 Å². The van der Waals surface area contributed by atoms with Crippen LogP contribution in [-0.2, 0) is 9.53 Å². The number of aliphatic hydroxyl groups is 1. The van der Waals surface area contributed by atoms with E-state index >= 15 is 0 Å². The van der Waals surface area contributed by atoms with Crippen LogP contribution in [0.3, 0.4) is 0 Å². The Kier molecular flexibility index (Phi) is 4.99. The summed E-state index contributed by atoms with van der Waals surface area (Å²) in [6, 6.07) is 0. The highest BCUT2D eigenvalue weighted by atomic mass is 16.6. The summed E-state index contributed by atoms with van der Waals surface area (Å²) in [4.78, 5) is 10.8. The van der Waals surface area contributed by atoms with Crippen LogP contribution in [0.4, 0.5) is 0 Å². The van der Waals surface area contributed by atoms with Crippen LogP contribution in [0.5, 0.6) is 0 Å². The minimum absolute atomic E-state index is 0.00481. The minimum Gasteiger partial charge on any atom is -0.516 e. The van der Waals surface area contributed by atoms with Crippen LogP contribution in [0.2, 0.25) is 0 Å². The first-order chi connectivity index (χ1) is 6.44. The molecular formula is C11H18O3. The van der Waals surface area contributed by atoms with Gasteiger partial charge < -0.3 is 9.84 Å². The van der Waals surface area contributed by atoms with Gasteiger partial charge in [0.15, 0.2) is 0 Å². The Balaban J connectivity index is 4.46. The van der Waals surface area contributed by atoms with E-state index in [1.54, 1.807) is 12.2 Å². The van der Waals surface area contributed by atoms with Crippen LogP contribution in [0.25, 0.3) is 0 Å². The zero-order valence-corrected chi connectivity index (χ0v) is 8.99. The second-order valence-corrected chi connectivity index (χ2v) is 3.66. The van der Waals surface area contributed by atoms with Crippen LogP contribution in [0.1, 0.15) is 27.2 Å². The maximum Gasteiger partial charge on any atom is 0.303 e. The van der Waals surface area contributed by atoms with Crippen LogP contribution >= 0.6 is 0 Å². The van der Waals surface area contributed by atoms with Crippen LogP contribution in [0, 0.1) is 5.92 Å². The summed E-state index contributed by atoms with van der Waals surface area (Å²) >= 11 is 0. The molecule has 0 saturated heterocycles. The molecule has 0 rings (SSSR count). The van der Waals surface area contributed by atoms with E-state index in [9.17, 15) is 4.79 Å². The minimum atomic E-state index is -0.590. The van der Waals surface area contributed by atoms with E-state index in [2.05, 4.69) is 6.58 Å². The zero-order chi connectivity index (χ0) is 11.2. The third kappa shape index (κ3) is 4.12. The molecule has 0 aliphatic rings. The lowest BCUT2D eigenvalue weighted by Crippen LogP contribution is -2.34. The first kappa shape index (κ1) is 12.8. The standard InChI is InChI=1S/C11H18O3/c1-5-10(7-6-8-12)11(3,4)14-9(2)13/h5-6,8,10,12H,1,7H2,2-4H3/b8-6+. The molecular weight excluding hydrogens is 180 g/mol. The molecule has 0 aromatic rings. The van der Waals surface area contributed by atoms with Crippen molar-refractivity contribution in [1.82, 2.24) is 0 Å². The fourth-order valence-corrected chi connectivity index (χ4v) is 1.32. The molecule has 0 aromatic heterocycles. The van der Waals surface area contributed by atoms with Crippen LogP contribution in [0.15, 0.2) is 25.0 Å². The lowest BCUT2D eigenvalue weighted by Gasteiger charge is -2.30. The lowest BCUT2D eigenvalue weighted by atomic mass is 9.88. The SMILES string of the molecule is C=CC(C/C=C/O)C(C)(C)OC(C)=O. The third-order valence-electron chi connectivity index (χ3n) is 2.08. The molecule has 0 saturated carbocycles. The number of esters is 1. The number of allylic oxidation sites excluding steroid dienone is 1. The number of ether oxygens (including phenoxy) is 1. The second-order valence-electron chi connectivity index (χ2n) is 3.66. The molecule has 1 atom stereocenters. The van der Waals surface area contributed by atoms with Crippen molar-refractivity contribution in [2.45, 2.75) is 32.8 Å². The predicted molar refractivity (Wildman–Crippen MR) is 55.9 cm³/mol. The molecule has 0 fully saturated rings. The third-order valence-corrected chi connectivity index (χ3v) is 2.08. The maximum atomic E-state index is 10.8. The summed E-state index contributed by atoms with van der Waals surface area (Å²) in [7, 11) is 0. The highest BCUT2D eigenvalue weighted by Gasteiger charge is 2.29. The van der Waals surface area contributed by atoms with Gasteiger partial charge in [0, 0.05) is 12.8 Å². The number of carbonyl (C=O) groups is 1. The van der Waals surface area contributed by atoms with E-state index in [0.717, 1.165) is 6.26 Å². The van der Waals surface area contributed by atoms with Crippen molar-refractivity contribution in [3.05, 3.63) is 25.0 Å². The lowest BCUT2D eigenvalue weighted by molar-refractivity contribution is -0.157. The van der Waals surface area contributed by atoms with Crippen molar-refractivity contribution in [3.8, 4) is 0 Å². The van der Waals surface area contributed by atoms with Gasteiger partial charge in [-0.05, 0) is 26.3 Å². The number of hydrogen-bond donors (Lipinski definition) is 1. The van der Waals surface area contributed by atoms with Crippen molar-refractivity contribution in [1.29, 1.82) is 0 Å². The van der Waals surface area contributed by atoms with E-state index in [-0.39, 0.29) is 11.9 Å². The second kappa shape index (κ2) is 5.47. The predicted octanol–water partition coefficient (Wildman–Crippen LogP) is 2.59. The number of aliphatic hydroxyl groups excluding tert-OH is 1. The van der Waals surface area contributed by atoms with Gasteiger partial charge in [0.1, 0.15) is 5.60 Å². The molecule has 3 heteroatoms. The molecule has 14 heavy (non-hydrogen) atoms. The van der Waals surface area contributed by atoms with Crippen LogP contribution < -0.4 is 0 Å². The van der Waals surface area contributed by atoms with Crippen molar-refractivity contribution in [2.75, 3.05) is 0 Å². The molecule has 0 radical (unpaired) electrons. The normalized spacial score (nSPS) is 13.9. The number of carbonyl (C=O) groups excluding carboxylic acids is 1. The highest BCUT2D eigenvalue weighted by Crippen LogP contribution is 2.25. The van der Waals surface area contributed by atoms with Crippen molar-refractivity contribution in [3.63, 3.8) is 0 Å². The van der Waals surface area contributed by atoms with E-state index in [4.69, 9.17) is 9.84 Å². The summed E-state index contributed by atoms with van der Waals surface area (Å²) in [5.74, 6) is -0.315. The van der Waals surface area contributed by atoms with Gasteiger partial charge in [0.05, 0.1) is 6.26 Å². The van der Waals surface area contributed by atoms with Gasteiger partial charge in [-0.3, -0.25) is 4.79 Å². The summed E-state index contributed by atoms with van der Waals surface area (Å²) in [5, 5.41) is 8.54. The van der Waals surface area contributed by atoms with E-state index < -0.39 is 5.60 Å². The van der Waals surface area contributed by atoms with E-state index in [1.165, 1.54) is 6.92 Å². The molecule has 80 valence electrons. The van der Waals surface area contributed by atoms with Gasteiger partial charge in [-0.15, -0.1) is 6.58 Å². The molecule has 1 N–H and O–H groups in total. The molecule has 0 spiro atoms. The quantitative estimate of drug-likeness (QED) is 0.419. The molecule has 3 nitrogen and oxygen atoms in total. The Hall–Kier alpha value is -1.25. The summed E-state index contributed by atoms with van der Waals surface area (Å²) in [5.41, 5.74) is -0.590. The highest BCUT2D eigenvalue weighted by molar-refractivity contribution is 5.66. The molecule has 0 aliphatic carbocycles. The monoisotopic (exact) mass is 198 g/mol. The van der Waals surface area contributed by atoms with Gasteiger partial charge in [-0.25, -0.2) is 0 Å². The average Bonchev–Trinajstić information content (AvgIpc) is 2.02. The molecule has 0 bridgehead atoms. The largest absolute Gasteiger partial charge is 0.516 e. The summed E-state index contributed by atoms with van der Waals surface area (Å²) in [6.45, 7) is 8.71. The Morgan fingerprint density at radius 2 is 2.21 bits per heavy atom. The van der Waals surface area contributed by atoms with E-state index in [0.29, 0.717) is 6.42 Å². The Morgan fingerprint density at radius 3 is 2.57 bits per heavy atom. The van der Waals surface area contributed by atoms with Crippen molar-refractivity contribution < 1.29 is 14.6 Å². The first-order valence-electron chi connectivity index (χ1n) is 4.55. The summed E-state index contributed by atoms with van der Waals surface area (Å²) in [6.07, 6.45) is 4.92. The molecule has 0 amide bonds. The Bertz CT molecular complexity index is 229. The fraction of sp³-hybridized carbons (Fsp3) is 0.545. The van der Waals surface area contributed by atoms with Crippen molar-refractivity contribution in [2.24, 2.45) is 5.92 Å². The number of hydrogen-bond acceptors (Lipinski definition) is 3. The van der Waals surface area contributed by atoms with E-state index in [1.807, 2.05) is 13.8 Å². The maximum absolute atomic E-state index is 10.8. The van der Waals surface area contributed by atoms with Crippen LogP contribution in [-0.4, -0.2) is 16.7 Å². The smallest absolute Gasteiger partial charge is 0.303 e. The number of rotatable bonds is 5. The van der Waals surface area contributed by atoms with Gasteiger partial charge >= 0.3 is 5.97 Å². The Labute approximate surface area is 85.1 Å². The molecule has 1 unspecified atom stereocenters. The molecule has 0 aliphatic heterocycles. The summed E-state index contributed by atoms with van der Waals surface area (Å²) < 4.78 is 5.16. The topological polar surface area (TPSA) is 46.5 Å². The van der Waals surface area contributed by atoms with Gasteiger partial charge in [0.25, 0.3) is 0 Å². The first-order valence-corrected chi connectivity index (χ1v) is 4.55. The molecule has 0 heterocycles. The zero-order valence-electron chi connectivity index (χ0n) is 8.99. The van der Waals surface area contributed by atoms with Gasteiger partial charge in [0.2, 0.25) is 0 Å². The fourth-order valence-electron chi connectivity index (χ4n) is 1.32. The van der Waals surface area contributed by atoms with Crippen molar-refractivity contribution >= 4 is 5.97 Å². The average molecular weight is 198 g/mol. The Morgan fingerprint density at radius 1 is 1.64 bits per heavy atom. The molecule has 0 aromatic carbocycles.